The molecule has 2 heterocycles. The molecule has 2 aromatic carbocycles. The van der Waals surface area contributed by atoms with Crippen LogP contribution in [0.15, 0.2) is 48.5 Å². The summed E-state index contributed by atoms with van der Waals surface area (Å²) in [7, 11) is 0. The molecule has 7 nitrogen and oxygen atoms in total. The summed E-state index contributed by atoms with van der Waals surface area (Å²) in [5, 5.41) is 15.0. The molecule has 35 heavy (non-hydrogen) atoms. The van der Waals surface area contributed by atoms with E-state index in [-0.39, 0.29) is 13.2 Å². The minimum Gasteiger partial charge on any atom is -0.445 e. The molecule has 1 aromatic heterocycles. The van der Waals surface area contributed by atoms with Crippen LogP contribution in [-0.4, -0.2) is 51.3 Å². The van der Waals surface area contributed by atoms with Gasteiger partial charge >= 0.3 is 6.09 Å². The van der Waals surface area contributed by atoms with Crippen molar-refractivity contribution < 1.29 is 14.6 Å². The standard InChI is InChI=1S/C26H28Cl2N4O3/c1-3-20-24(18-11-10-17(27)12-19(18)28)29-21(4-2)25(30-20)31-22-13-32(14-23(22)33)26(34)35-15-16-8-6-5-7-9-16/h5-12,22-23,33H,3-4,13-15H2,1-2H3,(H,30,31)/t22-,23+/m1/s1. The molecule has 2 atom stereocenters. The molecular weight excluding hydrogens is 487 g/mol. The fourth-order valence-electron chi connectivity index (χ4n) is 4.07. The van der Waals surface area contributed by atoms with Gasteiger partial charge in [0.1, 0.15) is 12.4 Å². The highest BCUT2D eigenvalue weighted by atomic mass is 35.5. The second-order valence-corrected chi connectivity index (χ2v) is 9.25. The number of nitrogens with one attached hydrogen (secondary N) is 1. The average molecular weight is 515 g/mol. The first-order chi connectivity index (χ1) is 16.9. The molecule has 3 aromatic rings. The van der Waals surface area contributed by atoms with Crippen LogP contribution < -0.4 is 5.32 Å². The van der Waals surface area contributed by atoms with Gasteiger partial charge in [-0.25, -0.2) is 14.8 Å². The summed E-state index contributed by atoms with van der Waals surface area (Å²) in [6.07, 6.45) is 0.0520. The van der Waals surface area contributed by atoms with Gasteiger partial charge in [0.05, 0.1) is 40.8 Å². The lowest BCUT2D eigenvalue weighted by Crippen LogP contribution is -2.34. The molecule has 0 radical (unpaired) electrons. The number of carbonyl (C=O) groups excluding carboxylic acids is 1. The number of hydrogen-bond donors (Lipinski definition) is 2. The van der Waals surface area contributed by atoms with Gasteiger partial charge < -0.3 is 20.1 Å². The lowest BCUT2D eigenvalue weighted by atomic mass is 10.1. The number of aliphatic hydroxyl groups excluding tert-OH is 1. The number of hydrogen-bond acceptors (Lipinski definition) is 6. The molecule has 4 rings (SSSR count). The predicted molar refractivity (Wildman–Crippen MR) is 138 cm³/mol. The SMILES string of the molecule is CCc1nc(-c2ccc(Cl)cc2Cl)c(CC)nc1N[C@@H]1CN(C(=O)OCc2ccccc2)C[C@@H]1O. The van der Waals surface area contributed by atoms with Crippen LogP contribution in [0.2, 0.25) is 10.0 Å². The topological polar surface area (TPSA) is 87.6 Å². The molecule has 0 aliphatic carbocycles. The number of benzene rings is 2. The Hall–Kier alpha value is -2.87. The van der Waals surface area contributed by atoms with Crippen molar-refractivity contribution in [1.82, 2.24) is 14.9 Å². The zero-order chi connectivity index (χ0) is 24.9. The maximum absolute atomic E-state index is 12.6. The molecular formula is C26H28Cl2N4O3. The highest BCUT2D eigenvalue weighted by Gasteiger charge is 2.35. The van der Waals surface area contributed by atoms with Crippen LogP contribution in [0, 0.1) is 0 Å². The van der Waals surface area contributed by atoms with Crippen LogP contribution in [0.3, 0.4) is 0 Å². The van der Waals surface area contributed by atoms with E-state index < -0.39 is 18.2 Å². The van der Waals surface area contributed by atoms with Crippen LogP contribution in [-0.2, 0) is 24.2 Å². The molecule has 0 saturated carbocycles. The van der Waals surface area contributed by atoms with Gasteiger partial charge in [-0.2, -0.15) is 0 Å². The quantitative estimate of drug-likeness (QED) is 0.440. The fraction of sp³-hybridized carbons (Fsp3) is 0.346. The van der Waals surface area contributed by atoms with Gasteiger partial charge in [-0.05, 0) is 36.6 Å². The number of aliphatic hydroxyl groups is 1. The molecule has 1 saturated heterocycles. The largest absolute Gasteiger partial charge is 0.445 e. The Bertz CT molecular complexity index is 1190. The monoisotopic (exact) mass is 514 g/mol. The first-order valence-electron chi connectivity index (χ1n) is 11.6. The lowest BCUT2D eigenvalue weighted by molar-refractivity contribution is 0.0971. The van der Waals surface area contributed by atoms with Crippen molar-refractivity contribution in [3.8, 4) is 11.3 Å². The van der Waals surface area contributed by atoms with Crippen LogP contribution in [0.25, 0.3) is 11.3 Å². The van der Waals surface area contributed by atoms with Crippen LogP contribution in [0.1, 0.15) is 30.8 Å². The molecule has 1 aliphatic rings. The van der Waals surface area contributed by atoms with E-state index in [9.17, 15) is 9.90 Å². The van der Waals surface area contributed by atoms with E-state index >= 15 is 0 Å². The van der Waals surface area contributed by atoms with Crippen LogP contribution >= 0.6 is 23.2 Å². The third kappa shape index (κ3) is 5.86. The van der Waals surface area contributed by atoms with E-state index in [4.69, 9.17) is 37.9 Å². The van der Waals surface area contributed by atoms with Crippen molar-refractivity contribution in [2.75, 3.05) is 18.4 Å². The Labute approximate surface area is 215 Å². The lowest BCUT2D eigenvalue weighted by Gasteiger charge is -2.20. The summed E-state index contributed by atoms with van der Waals surface area (Å²) in [6.45, 7) is 4.66. The van der Waals surface area contributed by atoms with Gasteiger partial charge in [-0.15, -0.1) is 0 Å². The highest BCUT2D eigenvalue weighted by Crippen LogP contribution is 2.33. The third-order valence-corrected chi connectivity index (χ3v) is 6.52. The number of anilines is 1. The number of amides is 1. The van der Waals surface area contributed by atoms with Gasteiger partial charge in [0, 0.05) is 17.1 Å². The zero-order valence-electron chi connectivity index (χ0n) is 19.7. The van der Waals surface area contributed by atoms with Gasteiger partial charge in [0.25, 0.3) is 0 Å². The van der Waals surface area contributed by atoms with Crippen molar-refractivity contribution in [2.45, 2.75) is 45.4 Å². The molecule has 0 unspecified atom stereocenters. The summed E-state index contributed by atoms with van der Waals surface area (Å²) >= 11 is 12.5. The molecule has 184 valence electrons. The summed E-state index contributed by atoms with van der Waals surface area (Å²) < 4.78 is 5.42. The Morgan fingerprint density at radius 3 is 2.51 bits per heavy atom. The number of aryl methyl sites for hydroxylation is 2. The summed E-state index contributed by atoms with van der Waals surface area (Å²) in [4.78, 5) is 23.8. The Morgan fingerprint density at radius 1 is 1.09 bits per heavy atom. The van der Waals surface area contributed by atoms with Gasteiger partial charge in [-0.3, -0.25) is 0 Å². The summed E-state index contributed by atoms with van der Waals surface area (Å²) in [6, 6.07) is 14.4. The molecule has 1 aliphatic heterocycles. The smallest absolute Gasteiger partial charge is 0.410 e. The average Bonchev–Trinajstić information content (AvgIpc) is 3.23. The Balaban J connectivity index is 1.49. The second-order valence-electron chi connectivity index (χ2n) is 8.41. The molecule has 1 amide bonds. The zero-order valence-corrected chi connectivity index (χ0v) is 21.2. The first-order valence-corrected chi connectivity index (χ1v) is 12.4. The van der Waals surface area contributed by atoms with E-state index in [0.717, 1.165) is 28.2 Å². The minimum atomic E-state index is -0.763. The number of nitrogens with zero attached hydrogens (tertiary/aromatic N) is 3. The second kappa shape index (κ2) is 11.2. The number of β-amino-alcohol motifs (C(OH)–C–C–N with tert-alkyl or cyclic N) is 1. The summed E-state index contributed by atoms with van der Waals surface area (Å²) in [5.41, 5.74) is 3.93. The minimum absolute atomic E-state index is 0.180. The number of ether oxygens (including phenoxy) is 1. The number of likely N-dealkylation sites (tertiary alicyclic amines) is 1. The number of halogens is 2. The van der Waals surface area contributed by atoms with Crippen molar-refractivity contribution in [3.63, 3.8) is 0 Å². The Kier molecular flexibility index (Phi) is 8.11. The van der Waals surface area contributed by atoms with E-state index in [0.29, 0.717) is 35.2 Å². The number of carbonyl (C=O) groups is 1. The maximum Gasteiger partial charge on any atom is 0.410 e. The molecule has 9 heteroatoms. The van der Waals surface area contributed by atoms with Crippen LogP contribution in [0.5, 0.6) is 0 Å². The number of aromatic nitrogens is 2. The molecule has 1 fully saturated rings. The fourth-order valence-corrected chi connectivity index (χ4v) is 4.57. The van der Waals surface area contributed by atoms with Gasteiger partial charge in [0.15, 0.2) is 0 Å². The van der Waals surface area contributed by atoms with Gasteiger partial charge in [0.2, 0.25) is 0 Å². The maximum atomic E-state index is 12.6. The van der Waals surface area contributed by atoms with Gasteiger partial charge in [-0.1, -0.05) is 67.4 Å². The molecule has 2 N–H and O–H groups in total. The van der Waals surface area contributed by atoms with E-state index in [2.05, 4.69) is 5.32 Å². The first kappa shape index (κ1) is 25.2. The molecule has 0 bridgehead atoms. The highest BCUT2D eigenvalue weighted by molar-refractivity contribution is 6.36. The summed E-state index contributed by atoms with van der Waals surface area (Å²) in [5.74, 6) is 0.599. The van der Waals surface area contributed by atoms with Crippen molar-refractivity contribution in [1.29, 1.82) is 0 Å². The predicted octanol–water partition coefficient (Wildman–Crippen LogP) is 5.37. The van der Waals surface area contributed by atoms with Crippen molar-refractivity contribution in [2.24, 2.45) is 0 Å². The van der Waals surface area contributed by atoms with Crippen molar-refractivity contribution >= 4 is 35.1 Å². The normalized spacial score (nSPS) is 17.5. The van der Waals surface area contributed by atoms with E-state index in [1.807, 2.05) is 50.2 Å². The third-order valence-electron chi connectivity index (χ3n) is 5.97. The van der Waals surface area contributed by atoms with Crippen molar-refractivity contribution in [3.05, 3.63) is 75.5 Å². The number of rotatable bonds is 7. The Morgan fingerprint density at radius 2 is 1.83 bits per heavy atom. The molecule has 0 spiro atoms. The van der Waals surface area contributed by atoms with Crippen LogP contribution in [0.4, 0.5) is 10.6 Å². The van der Waals surface area contributed by atoms with E-state index in [1.54, 1.807) is 12.1 Å². The van der Waals surface area contributed by atoms with E-state index in [1.165, 1.54) is 4.90 Å².